The average Bonchev–Trinajstić information content (AvgIpc) is 3.96. The molecule has 2 aromatic heterocycles. The minimum atomic E-state index is -4.99. The normalized spacial score (nSPS) is 13.5. The number of alkyl halides is 6. The fraction of sp³-hybridized carbons (Fsp3) is 0.256. The van der Waals surface area contributed by atoms with E-state index in [0.29, 0.717) is 37.2 Å². The Hall–Kier alpha value is -5.36. The van der Waals surface area contributed by atoms with Gasteiger partial charge >= 0.3 is 39.9 Å². The first-order chi connectivity index (χ1) is 32.3. The lowest BCUT2D eigenvalue weighted by Crippen LogP contribution is -2.34. The molecule has 0 aliphatic carbocycles. The SMILES string of the molecule is C.CN(C)S(=O)(=O)n1cc(-c2ccc(C(O)(CC#N)c3ccc(Cl)cc3)cc2)c(C(F)(F)F)n1.CN(C)S(=O)(=O)n1cc(B(O)O)c(C(F)(F)F)n1.N#CCC(O)(c1ccc(Cl)cc1)c1ccc(Br)cc1. The number of hydrogen-bond donors (Lipinski definition) is 4. The predicted octanol–water partition coefficient (Wildman–Crippen LogP) is 7.15. The quantitative estimate of drug-likeness (QED) is 0.0706. The molecule has 0 fully saturated rings. The molecule has 2 unspecified atom stereocenters. The molecule has 380 valence electrons. The fourth-order valence-corrected chi connectivity index (χ4v) is 8.23. The Morgan fingerprint density at radius 3 is 1.25 bits per heavy atom. The van der Waals surface area contributed by atoms with E-state index >= 15 is 0 Å². The minimum absolute atomic E-state index is 0. The van der Waals surface area contributed by atoms with Crippen molar-refractivity contribution in [3.63, 3.8) is 0 Å². The lowest BCUT2D eigenvalue weighted by Gasteiger charge is -2.27. The predicted molar refractivity (Wildman–Crippen MR) is 256 cm³/mol. The molecule has 0 saturated carbocycles. The summed E-state index contributed by atoms with van der Waals surface area (Å²) in [5.41, 5.74) is -5.57. The lowest BCUT2D eigenvalue weighted by atomic mass is 9.80. The summed E-state index contributed by atoms with van der Waals surface area (Å²) in [5, 5.41) is 65.0. The Labute approximate surface area is 423 Å². The van der Waals surface area contributed by atoms with Crippen LogP contribution in [-0.4, -0.2) is 99.4 Å². The van der Waals surface area contributed by atoms with Crippen LogP contribution in [0.4, 0.5) is 26.3 Å². The Bertz CT molecular complexity index is 3040. The maximum Gasteiger partial charge on any atom is 0.492 e. The van der Waals surface area contributed by atoms with E-state index < -0.39 is 73.5 Å². The van der Waals surface area contributed by atoms with Gasteiger partial charge < -0.3 is 20.3 Å². The molecule has 6 rings (SSSR count). The fourth-order valence-electron chi connectivity index (χ4n) is 6.19. The van der Waals surface area contributed by atoms with Gasteiger partial charge in [-0.05, 0) is 64.2 Å². The van der Waals surface area contributed by atoms with E-state index in [1.807, 2.05) is 24.3 Å². The van der Waals surface area contributed by atoms with Gasteiger partial charge in [0.15, 0.2) is 11.4 Å². The monoisotopic (exact) mass is 1140 g/mol. The summed E-state index contributed by atoms with van der Waals surface area (Å²) in [6, 6.07) is 29.7. The van der Waals surface area contributed by atoms with Gasteiger partial charge in [0.25, 0.3) is 0 Å². The summed E-state index contributed by atoms with van der Waals surface area (Å²) in [4.78, 5) is 0. The van der Waals surface area contributed by atoms with Crippen molar-refractivity contribution in [2.45, 2.75) is 43.8 Å². The lowest BCUT2D eigenvalue weighted by molar-refractivity contribution is -0.141. The number of hydrogen-bond acceptors (Lipinski definition) is 12. The van der Waals surface area contributed by atoms with Crippen LogP contribution in [0.25, 0.3) is 11.1 Å². The summed E-state index contributed by atoms with van der Waals surface area (Å²) in [6.07, 6.45) is -9.05. The Balaban J connectivity index is 0.000000300. The van der Waals surface area contributed by atoms with Gasteiger partial charge in [-0.2, -0.15) is 80.7 Å². The first-order valence-corrected chi connectivity index (χ1v) is 23.8. The van der Waals surface area contributed by atoms with Gasteiger partial charge in [-0.3, -0.25) is 0 Å². The van der Waals surface area contributed by atoms with Crippen LogP contribution < -0.4 is 5.46 Å². The molecule has 4 N–H and O–H groups in total. The molecule has 0 aliphatic rings. The molecule has 0 amide bonds. The van der Waals surface area contributed by atoms with Crippen molar-refractivity contribution in [3.8, 4) is 23.3 Å². The van der Waals surface area contributed by atoms with E-state index in [9.17, 15) is 58.7 Å². The molecule has 0 aliphatic heterocycles. The molecular formula is C43H42BBrCl2F6N8O8S2. The zero-order chi connectivity index (χ0) is 52.8. The van der Waals surface area contributed by atoms with Crippen LogP contribution in [0.3, 0.4) is 0 Å². The van der Waals surface area contributed by atoms with Crippen LogP contribution in [0, 0.1) is 22.7 Å². The molecular weight excluding hydrogens is 1100 g/mol. The zero-order valence-corrected chi connectivity index (χ0v) is 41.3. The largest absolute Gasteiger partial charge is 0.492 e. The number of rotatable bonds is 12. The van der Waals surface area contributed by atoms with Crippen LogP contribution in [0.5, 0.6) is 0 Å². The van der Waals surface area contributed by atoms with Crippen molar-refractivity contribution in [3.05, 3.63) is 158 Å². The smallest absolute Gasteiger partial charge is 0.423 e. The molecule has 2 atom stereocenters. The van der Waals surface area contributed by atoms with Gasteiger partial charge in [0.2, 0.25) is 0 Å². The third kappa shape index (κ3) is 14.0. The van der Waals surface area contributed by atoms with E-state index in [1.54, 1.807) is 60.7 Å². The van der Waals surface area contributed by atoms with Gasteiger partial charge in [0.05, 0.1) is 31.2 Å². The van der Waals surface area contributed by atoms with E-state index in [-0.39, 0.29) is 39.6 Å². The number of nitriles is 2. The third-order valence-electron chi connectivity index (χ3n) is 9.93. The summed E-state index contributed by atoms with van der Waals surface area (Å²) in [7, 11) is -6.47. The summed E-state index contributed by atoms with van der Waals surface area (Å²) >= 11 is 15.1. The number of halogens is 9. The first-order valence-electron chi connectivity index (χ1n) is 19.5. The standard InChI is InChI=1S/C21H18ClF3N4O3S.C15H11BrClNO.C6H9BF3N3O4S.CH4/c1-28(2)33(31,32)29-13-18(19(27-29)21(23,24)25)14-3-5-15(6-4-14)20(30,11-12-26)16-7-9-17(22)10-8-16;16-13-5-1-11(2-6-13)15(19,9-10-18)12-3-7-14(17)8-4-12;1-12(2)18(16,17)13-3-4(7(14)15)5(11-13)6(8,9)10;/h3-10,13,30H,11H2,1-2H3;1-8,19H,9H2;3,14-15H,1-2H3;1H4. The molecule has 0 saturated heterocycles. The van der Waals surface area contributed by atoms with Gasteiger partial charge in [-0.15, -0.1) is 0 Å². The molecule has 28 heteroatoms. The van der Waals surface area contributed by atoms with E-state index in [0.717, 1.165) is 29.1 Å². The highest BCUT2D eigenvalue weighted by molar-refractivity contribution is 9.10. The second-order valence-electron chi connectivity index (χ2n) is 15.0. The second kappa shape index (κ2) is 23.5. The molecule has 6 aromatic rings. The third-order valence-corrected chi connectivity index (χ3v) is 14.1. The molecule has 2 heterocycles. The van der Waals surface area contributed by atoms with Crippen molar-refractivity contribution >= 4 is 72.1 Å². The molecule has 0 spiro atoms. The Kier molecular flexibility index (Phi) is 19.8. The van der Waals surface area contributed by atoms with Crippen molar-refractivity contribution in [2.75, 3.05) is 28.2 Å². The summed E-state index contributed by atoms with van der Waals surface area (Å²) in [6.45, 7) is 0. The topological polar surface area (TPSA) is 239 Å². The summed E-state index contributed by atoms with van der Waals surface area (Å²) < 4.78 is 129. The van der Waals surface area contributed by atoms with Crippen LogP contribution in [0.15, 0.2) is 114 Å². The maximum absolute atomic E-state index is 13.6. The van der Waals surface area contributed by atoms with Crippen molar-refractivity contribution in [2.24, 2.45) is 0 Å². The van der Waals surface area contributed by atoms with Gasteiger partial charge in [-0.25, -0.2) is 0 Å². The summed E-state index contributed by atoms with van der Waals surface area (Å²) in [5.74, 6) is 0. The van der Waals surface area contributed by atoms with E-state index in [1.165, 1.54) is 38.4 Å². The average molecular weight is 1140 g/mol. The highest BCUT2D eigenvalue weighted by Gasteiger charge is 2.42. The highest BCUT2D eigenvalue weighted by Crippen LogP contribution is 2.39. The van der Waals surface area contributed by atoms with Crippen LogP contribution in [0.2, 0.25) is 10.0 Å². The first kappa shape index (κ1) is 60.0. The van der Waals surface area contributed by atoms with E-state index in [4.69, 9.17) is 38.5 Å². The number of aromatic nitrogens is 4. The molecule has 0 radical (unpaired) electrons. The Morgan fingerprint density at radius 1 is 0.620 bits per heavy atom. The van der Waals surface area contributed by atoms with Crippen LogP contribution in [-0.2, 0) is 44.0 Å². The van der Waals surface area contributed by atoms with Crippen molar-refractivity contribution in [1.29, 1.82) is 10.5 Å². The molecule has 4 aromatic carbocycles. The van der Waals surface area contributed by atoms with E-state index in [2.05, 4.69) is 26.1 Å². The number of aliphatic hydroxyl groups is 2. The molecule has 16 nitrogen and oxygen atoms in total. The zero-order valence-electron chi connectivity index (χ0n) is 36.6. The minimum Gasteiger partial charge on any atom is -0.423 e. The highest BCUT2D eigenvalue weighted by atomic mass is 79.9. The number of nitrogens with zero attached hydrogens (tertiary/aromatic N) is 8. The molecule has 71 heavy (non-hydrogen) atoms. The maximum atomic E-state index is 13.6. The second-order valence-corrected chi connectivity index (χ2v) is 20.8. The van der Waals surface area contributed by atoms with Crippen molar-refractivity contribution in [1.82, 2.24) is 27.0 Å². The van der Waals surface area contributed by atoms with Gasteiger partial charge in [0, 0.05) is 59.9 Å². The van der Waals surface area contributed by atoms with Gasteiger partial charge in [0.1, 0.15) is 11.2 Å². The van der Waals surface area contributed by atoms with Crippen molar-refractivity contribution < 1.29 is 63.4 Å². The van der Waals surface area contributed by atoms with Gasteiger partial charge in [-0.1, -0.05) is 107 Å². The number of benzene rings is 4. The molecule has 0 bridgehead atoms. The van der Waals surface area contributed by atoms with Crippen LogP contribution in [0.1, 0.15) is 53.9 Å². The van der Waals surface area contributed by atoms with Crippen LogP contribution >= 0.6 is 39.1 Å². The Morgan fingerprint density at radius 2 is 0.944 bits per heavy atom.